The van der Waals surface area contributed by atoms with Crippen LogP contribution in [0.15, 0.2) is 46.4 Å². The van der Waals surface area contributed by atoms with Crippen molar-refractivity contribution in [2.75, 3.05) is 6.26 Å². The van der Waals surface area contributed by atoms with Gasteiger partial charge < -0.3 is 0 Å². The molecule has 0 saturated heterocycles. The van der Waals surface area contributed by atoms with Gasteiger partial charge in [-0.3, -0.25) is 0 Å². The average Bonchev–Trinajstić information content (AvgIpc) is 2.28. The second kappa shape index (κ2) is 5.13. The Balaban J connectivity index is 3.04. The normalized spacial score (nSPS) is 17.9. The van der Waals surface area contributed by atoms with E-state index in [4.69, 9.17) is 0 Å². The number of allylic oxidation sites excluding steroid dienone is 8. The summed E-state index contributed by atoms with van der Waals surface area (Å²) in [5.74, 6) is 0. The van der Waals surface area contributed by atoms with Gasteiger partial charge in [-0.05, 0) is 37.0 Å². The summed E-state index contributed by atoms with van der Waals surface area (Å²) in [6, 6.07) is 0. The maximum absolute atomic E-state index is 2.25. The molecule has 0 heterocycles. The van der Waals surface area contributed by atoms with Gasteiger partial charge in [0.05, 0.1) is 0 Å². The maximum atomic E-state index is 2.25. The summed E-state index contributed by atoms with van der Waals surface area (Å²) in [5.41, 5.74) is 2.69. The van der Waals surface area contributed by atoms with E-state index in [-0.39, 0.29) is 0 Å². The van der Waals surface area contributed by atoms with Gasteiger partial charge in [0.2, 0.25) is 0 Å². The van der Waals surface area contributed by atoms with Crippen LogP contribution in [0.4, 0.5) is 0 Å². The van der Waals surface area contributed by atoms with Gasteiger partial charge in [0.15, 0.2) is 0 Å². The number of rotatable bonds is 2. The lowest BCUT2D eigenvalue weighted by atomic mass is 10.1. The molecule has 0 nitrogen and oxygen atoms in total. The Morgan fingerprint density at radius 2 is 2.23 bits per heavy atom. The molecule has 0 aromatic carbocycles. The van der Waals surface area contributed by atoms with Crippen molar-refractivity contribution < 1.29 is 0 Å². The largest absolute Gasteiger partial charge is 0.133 e. The van der Waals surface area contributed by atoms with Gasteiger partial charge in [0.25, 0.3) is 0 Å². The Morgan fingerprint density at radius 1 is 1.46 bits per heavy atom. The fourth-order valence-corrected chi connectivity index (χ4v) is 1.99. The highest BCUT2D eigenvalue weighted by Gasteiger charge is 2.02. The Hall–Kier alpha value is -0.690. The molecule has 1 rings (SSSR count). The molecule has 0 amide bonds. The maximum Gasteiger partial charge on any atom is -0.00282 e. The van der Waals surface area contributed by atoms with Gasteiger partial charge >= 0.3 is 0 Å². The minimum atomic E-state index is 1.06. The van der Waals surface area contributed by atoms with Crippen molar-refractivity contribution in [3.8, 4) is 0 Å². The molecule has 0 aliphatic heterocycles. The summed E-state index contributed by atoms with van der Waals surface area (Å²) >= 11 is 1.84. The predicted octanol–water partition coefficient (Wildman–Crippen LogP) is 4.09. The topological polar surface area (TPSA) is 0 Å². The van der Waals surface area contributed by atoms with Crippen molar-refractivity contribution in [2.24, 2.45) is 0 Å². The summed E-state index contributed by atoms with van der Waals surface area (Å²) in [5, 5.41) is 0. The van der Waals surface area contributed by atoms with E-state index in [9.17, 15) is 0 Å². The fourth-order valence-electron chi connectivity index (χ4n) is 1.37. The van der Waals surface area contributed by atoms with Gasteiger partial charge in [0.1, 0.15) is 0 Å². The van der Waals surface area contributed by atoms with Gasteiger partial charge in [-0.15, -0.1) is 11.8 Å². The molecule has 0 unspecified atom stereocenters. The van der Waals surface area contributed by atoms with Gasteiger partial charge in [-0.25, -0.2) is 0 Å². The van der Waals surface area contributed by atoms with E-state index in [1.165, 1.54) is 16.1 Å². The molecule has 0 bridgehead atoms. The molecule has 1 aliphatic carbocycles. The zero-order chi connectivity index (χ0) is 9.68. The first-order valence-electron chi connectivity index (χ1n) is 4.52. The molecule has 0 N–H and O–H groups in total. The first-order chi connectivity index (χ1) is 6.27. The van der Waals surface area contributed by atoms with Crippen molar-refractivity contribution in [3.63, 3.8) is 0 Å². The molecule has 0 radical (unpaired) electrons. The van der Waals surface area contributed by atoms with E-state index in [0.29, 0.717) is 0 Å². The van der Waals surface area contributed by atoms with Crippen molar-refractivity contribution in [2.45, 2.75) is 20.3 Å². The molecule has 0 fully saturated rings. The van der Waals surface area contributed by atoms with Crippen LogP contribution in [0.25, 0.3) is 0 Å². The highest BCUT2D eigenvalue weighted by Crippen LogP contribution is 2.26. The Kier molecular flexibility index (Phi) is 4.10. The van der Waals surface area contributed by atoms with Crippen LogP contribution < -0.4 is 0 Å². The zero-order valence-corrected chi connectivity index (χ0v) is 9.32. The van der Waals surface area contributed by atoms with E-state index in [2.05, 4.69) is 50.5 Å². The fraction of sp³-hybridized carbons (Fsp3) is 0.333. The van der Waals surface area contributed by atoms with Crippen LogP contribution in [-0.2, 0) is 0 Å². The van der Waals surface area contributed by atoms with Gasteiger partial charge in [-0.2, -0.15) is 0 Å². The van der Waals surface area contributed by atoms with Crippen LogP contribution in [0.1, 0.15) is 20.3 Å². The molecule has 0 aromatic heterocycles. The molecule has 0 aromatic rings. The standard InChI is InChI=1S/C12H16S/c1-4-6-11-9-10(2)7-5-8-12(11)13-3/h4-7,9H,8H2,1-3H3/b6-4+. The number of thioether (sulfide) groups is 1. The van der Waals surface area contributed by atoms with Crippen LogP contribution >= 0.6 is 11.8 Å². The molecule has 1 heteroatoms. The minimum absolute atomic E-state index is 1.06. The molecular weight excluding hydrogens is 176 g/mol. The summed E-state index contributed by atoms with van der Waals surface area (Å²) in [6.07, 6.45) is 14.1. The third-order valence-corrected chi connectivity index (χ3v) is 2.88. The van der Waals surface area contributed by atoms with Crippen molar-refractivity contribution in [1.82, 2.24) is 0 Å². The second-order valence-corrected chi connectivity index (χ2v) is 3.98. The van der Waals surface area contributed by atoms with Crippen LogP contribution in [0, 0.1) is 0 Å². The predicted molar refractivity (Wildman–Crippen MR) is 62.9 cm³/mol. The molecule has 0 atom stereocenters. The smallest absolute Gasteiger partial charge is 0.00282 e. The first-order valence-corrected chi connectivity index (χ1v) is 5.75. The third kappa shape index (κ3) is 2.92. The van der Waals surface area contributed by atoms with E-state index in [0.717, 1.165) is 6.42 Å². The molecule has 0 spiro atoms. The zero-order valence-electron chi connectivity index (χ0n) is 8.50. The Bertz CT molecular complexity index is 290. The summed E-state index contributed by atoms with van der Waals surface area (Å²) in [6.45, 7) is 4.20. The number of hydrogen-bond acceptors (Lipinski definition) is 1. The van der Waals surface area contributed by atoms with Crippen molar-refractivity contribution >= 4 is 11.8 Å². The van der Waals surface area contributed by atoms with Crippen LogP contribution in [0.2, 0.25) is 0 Å². The number of hydrogen-bond donors (Lipinski definition) is 0. The Morgan fingerprint density at radius 3 is 2.85 bits per heavy atom. The summed E-state index contributed by atoms with van der Waals surface area (Å²) in [4.78, 5) is 1.45. The molecule has 13 heavy (non-hydrogen) atoms. The lowest BCUT2D eigenvalue weighted by molar-refractivity contribution is 1.34. The average molecular weight is 192 g/mol. The highest BCUT2D eigenvalue weighted by atomic mass is 32.2. The monoisotopic (exact) mass is 192 g/mol. The van der Waals surface area contributed by atoms with E-state index < -0.39 is 0 Å². The lowest BCUT2D eigenvalue weighted by Gasteiger charge is -2.02. The quantitative estimate of drug-likeness (QED) is 0.635. The van der Waals surface area contributed by atoms with Crippen LogP contribution in [0.3, 0.4) is 0 Å². The third-order valence-electron chi connectivity index (χ3n) is 1.98. The van der Waals surface area contributed by atoms with Crippen LogP contribution in [-0.4, -0.2) is 6.26 Å². The van der Waals surface area contributed by atoms with Crippen molar-refractivity contribution in [3.05, 3.63) is 46.4 Å². The minimum Gasteiger partial charge on any atom is -0.133 e. The second-order valence-electron chi connectivity index (χ2n) is 3.08. The first kappa shape index (κ1) is 10.4. The van der Waals surface area contributed by atoms with E-state index in [1.54, 1.807) is 0 Å². The summed E-state index contributed by atoms with van der Waals surface area (Å²) in [7, 11) is 0. The lowest BCUT2D eigenvalue weighted by Crippen LogP contribution is -1.80. The SMILES string of the molecule is C/C=C/C1=C(SC)CC=CC(C)=C1. The van der Waals surface area contributed by atoms with Crippen LogP contribution in [0.5, 0.6) is 0 Å². The molecule has 0 saturated carbocycles. The van der Waals surface area contributed by atoms with E-state index >= 15 is 0 Å². The molecular formula is C12H16S. The van der Waals surface area contributed by atoms with Crippen molar-refractivity contribution in [1.29, 1.82) is 0 Å². The summed E-state index contributed by atoms with van der Waals surface area (Å²) < 4.78 is 0. The van der Waals surface area contributed by atoms with Gasteiger partial charge in [-0.1, -0.05) is 36.0 Å². The molecule has 70 valence electrons. The Labute approximate surface area is 85.1 Å². The molecule has 1 aliphatic rings. The highest BCUT2D eigenvalue weighted by molar-refractivity contribution is 8.02. The van der Waals surface area contributed by atoms with Gasteiger partial charge in [0, 0.05) is 0 Å². The van der Waals surface area contributed by atoms with E-state index in [1.807, 2.05) is 11.8 Å².